The zero-order chi connectivity index (χ0) is 38.3. The molecule has 2 aromatic rings. The van der Waals surface area contributed by atoms with Gasteiger partial charge in [0.2, 0.25) is 27.7 Å². The average Bonchev–Trinajstić information content (AvgIpc) is 3.94. The Balaban J connectivity index is 1.12. The zero-order valence-electron chi connectivity index (χ0n) is 30.9. The summed E-state index contributed by atoms with van der Waals surface area (Å²) in [6.07, 6.45) is 14.8. The summed E-state index contributed by atoms with van der Waals surface area (Å²) >= 11 is 0. The van der Waals surface area contributed by atoms with Crippen molar-refractivity contribution in [2.45, 2.75) is 106 Å². The molecule has 16 heteroatoms. The Hall–Kier alpha value is -4.57. The van der Waals surface area contributed by atoms with E-state index in [1.165, 1.54) is 11.0 Å². The average molecular weight is 776 g/mol. The van der Waals surface area contributed by atoms with Gasteiger partial charge in [-0.2, -0.15) is 0 Å². The highest BCUT2D eigenvalue weighted by Gasteiger charge is 2.62. The van der Waals surface area contributed by atoms with E-state index in [0.717, 1.165) is 43.9 Å². The molecule has 294 valence electrons. The Morgan fingerprint density at radius 3 is 2.65 bits per heavy atom. The van der Waals surface area contributed by atoms with Crippen LogP contribution in [0.1, 0.15) is 76.2 Å². The lowest BCUT2D eigenvalue weighted by Crippen LogP contribution is -2.59. The fraction of sp³-hybridized carbons (Fsp3) is 0.590. The van der Waals surface area contributed by atoms with Crippen LogP contribution in [0.2, 0.25) is 0 Å². The molecule has 8 rings (SSSR count). The van der Waals surface area contributed by atoms with Crippen molar-refractivity contribution in [1.29, 1.82) is 0 Å². The highest BCUT2D eigenvalue weighted by molar-refractivity contribution is 7.91. The lowest BCUT2D eigenvalue weighted by atomic mass is 9.96. The van der Waals surface area contributed by atoms with Gasteiger partial charge in [-0.05, 0) is 69.4 Å². The van der Waals surface area contributed by atoms with Crippen LogP contribution in [-0.4, -0.2) is 113 Å². The summed E-state index contributed by atoms with van der Waals surface area (Å²) in [5.74, 6) is -2.12. The maximum Gasteiger partial charge on any atom is 0.318 e. The van der Waals surface area contributed by atoms with Gasteiger partial charge >= 0.3 is 6.03 Å². The number of nitrogens with zero attached hydrogens (tertiary/aromatic N) is 4. The number of sulfonamides is 1. The van der Waals surface area contributed by atoms with E-state index >= 15 is 0 Å². The molecule has 0 aromatic carbocycles. The number of allylic oxidation sites excluding steroid dienone is 1. The first kappa shape index (κ1) is 37.4. The molecule has 2 aromatic heterocycles. The van der Waals surface area contributed by atoms with Crippen molar-refractivity contribution in [1.82, 2.24) is 35.1 Å². The van der Waals surface area contributed by atoms with Crippen LogP contribution in [0, 0.1) is 11.8 Å². The largest absolute Gasteiger partial charge is 0.472 e. The zero-order valence-corrected chi connectivity index (χ0v) is 31.7. The highest BCUT2D eigenvalue weighted by Crippen LogP contribution is 2.45. The second-order valence-corrected chi connectivity index (χ2v) is 17.8. The molecule has 5 heterocycles. The van der Waals surface area contributed by atoms with E-state index in [1.54, 1.807) is 23.4 Å². The third kappa shape index (κ3) is 7.80. The molecule has 2 saturated heterocycles. The third-order valence-electron chi connectivity index (χ3n) is 12.0. The molecular formula is C39H49N7O8S. The van der Waals surface area contributed by atoms with Crippen LogP contribution in [0.4, 0.5) is 4.79 Å². The number of aromatic nitrogens is 2. The van der Waals surface area contributed by atoms with Gasteiger partial charge in [-0.3, -0.25) is 24.1 Å². The SMILES string of the molecule is C=C[C@@H]1C[C@]1(NC(=O)[C@@H]1C[C@@H]2CN1C(=O)[C@H](C1CCCC1)NC(=O)N1CC[C@@H](C1)OCCC/C=C/c1cc3cnccc3nc1O2)C(=O)NS(=O)(=O)C1CC1. The van der Waals surface area contributed by atoms with E-state index in [9.17, 15) is 27.6 Å². The predicted molar refractivity (Wildman–Crippen MR) is 202 cm³/mol. The molecule has 0 unspecified atom stereocenters. The number of carbonyl (C=O) groups is 4. The van der Waals surface area contributed by atoms with Crippen LogP contribution < -0.4 is 20.1 Å². The highest BCUT2D eigenvalue weighted by atomic mass is 32.2. The normalized spacial score (nSPS) is 31.0. The lowest BCUT2D eigenvalue weighted by molar-refractivity contribution is -0.142. The molecule has 55 heavy (non-hydrogen) atoms. The standard InChI is InChI=1S/C39H49N7O8S/c1-2-27-20-39(27,37(49)44-55(51,52)30-11-12-30)43-34(47)32-19-29-23-46(32)36(48)33(24-8-5-6-9-24)42-38(50)45-16-14-28(22-45)53-17-7-3-4-10-25-18-26-21-40-15-13-31(26)41-35(25)54-29/h2,4,10,13,15,18,21,24,27-30,32-33H,1,3,5-9,11-12,14,16-17,19-20,22-23H2,(H,42,50)(H,43,47)(H,44,49)/b10-4+/t27-,28+,29-,32+,33+,39-/m1/s1. The third-order valence-corrected chi connectivity index (χ3v) is 13.8. The number of hydrogen-bond donors (Lipinski definition) is 3. The van der Waals surface area contributed by atoms with Gasteiger partial charge in [0.25, 0.3) is 5.91 Å². The summed E-state index contributed by atoms with van der Waals surface area (Å²) in [7, 11) is -3.89. The molecule has 3 aliphatic carbocycles. The second-order valence-electron chi connectivity index (χ2n) is 15.9. The smallest absolute Gasteiger partial charge is 0.318 e. The van der Waals surface area contributed by atoms with E-state index in [0.29, 0.717) is 55.9 Å². The van der Waals surface area contributed by atoms with Gasteiger partial charge in [0, 0.05) is 55.4 Å². The van der Waals surface area contributed by atoms with Gasteiger partial charge in [-0.15, -0.1) is 6.58 Å². The summed E-state index contributed by atoms with van der Waals surface area (Å²) in [5, 5.41) is 6.11. The second kappa shape index (κ2) is 15.2. The minimum Gasteiger partial charge on any atom is -0.472 e. The Kier molecular flexibility index (Phi) is 10.3. The molecule has 4 bridgehead atoms. The Bertz CT molecular complexity index is 2000. The molecule has 5 fully saturated rings. The fourth-order valence-electron chi connectivity index (χ4n) is 8.57. The van der Waals surface area contributed by atoms with Gasteiger partial charge in [0.15, 0.2) is 0 Å². The number of hydrogen-bond acceptors (Lipinski definition) is 10. The topological polar surface area (TPSA) is 189 Å². The number of pyridine rings is 2. The van der Waals surface area contributed by atoms with Crippen LogP contribution in [0.25, 0.3) is 17.0 Å². The number of urea groups is 1. The molecule has 6 atom stereocenters. The van der Waals surface area contributed by atoms with Gasteiger partial charge in [-0.1, -0.05) is 31.1 Å². The quantitative estimate of drug-likeness (QED) is 0.353. The molecule has 0 spiro atoms. The van der Waals surface area contributed by atoms with Gasteiger partial charge in [0.05, 0.1) is 23.4 Å². The Morgan fingerprint density at radius 2 is 1.89 bits per heavy atom. The molecular weight excluding hydrogens is 727 g/mol. The van der Waals surface area contributed by atoms with Gasteiger partial charge in [0.1, 0.15) is 23.7 Å². The summed E-state index contributed by atoms with van der Waals surface area (Å²) in [6, 6.07) is 1.41. The fourth-order valence-corrected chi connectivity index (χ4v) is 9.93. The van der Waals surface area contributed by atoms with E-state index in [4.69, 9.17) is 14.5 Å². The van der Waals surface area contributed by atoms with Crippen molar-refractivity contribution in [3.8, 4) is 5.88 Å². The summed E-state index contributed by atoms with van der Waals surface area (Å²) in [6.45, 7) is 5.30. The first-order chi connectivity index (χ1) is 26.5. The van der Waals surface area contributed by atoms with Crippen LogP contribution >= 0.6 is 0 Å². The molecule has 3 N–H and O–H groups in total. The van der Waals surface area contributed by atoms with Crippen molar-refractivity contribution in [2.24, 2.45) is 11.8 Å². The van der Waals surface area contributed by atoms with E-state index in [-0.39, 0.29) is 37.4 Å². The number of fused-ring (bicyclic) bond motifs is 6. The molecule has 6 aliphatic rings. The maximum absolute atomic E-state index is 14.8. The summed E-state index contributed by atoms with van der Waals surface area (Å²) in [5.41, 5.74) is -0.146. The van der Waals surface area contributed by atoms with Gasteiger partial charge in [-0.25, -0.2) is 18.2 Å². The first-order valence-corrected chi connectivity index (χ1v) is 21.2. The van der Waals surface area contributed by atoms with Crippen molar-refractivity contribution < 1.29 is 37.1 Å². The summed E-state index contributed by atoms with van der Waals surface area (Å²) in [4.78, 5) is 68.9. The molecule has 3 aliphatic heterocycles. The minimum atomic E-state index is -3.89. The molecule has 0 radical (unpaired) electrons. The number of rotatable bonds is 7. The van der Waals surface area contributed by atoms with Crippen molar-refractivity contribution in [2.75, 3.05) is 26.2 Å². The number of nitrogens with one attached hydrogen (secondary N) is 3. The number of amides is 5. The van der Waals surface area contributed by atoms with Crippen molar-refractivity contribution in [3.05, 3.63) is 48.8 Å². The van der Waals surface area contributed by atoms with Crippen LogP contribution in [0.5, 0.6) is 5.88 Å². The van der Waals surface area contributed by atoms with Gasteiger partial charge < -0.3 is 29.9 Å². The lowest BCUT2D eigenvalue weighted by Gasteiger charge is -2.33. The van der Waals surface area contributed by atoms with Crippen LogP contribution in [0.15, 0.2) is 43.3 Å². The first-order valence-electron chi connectivity index (χ1n) is 19.6. The predicted octanol–water partition coefficient (Wildman–Crippen LogP) is 2.81. The molecule has 15 nitrogen and oxygen atoms in total. The van der Waals surface area contributed by atoms with Crippen LogP contribution in [0.3, 0.4) is 0 Å². The summed E-state index contributed by atoms with van der Waals surface area (Å²) < 4.78 is 40.5. The van der Waals surface area contributed by atoms with Crippen molar-refractivity contribution in [3.63, 3.8) is 0 Å². The molecule has 3 saturated carbocycles. The minimum absolute atomic E-state index is 0.0228. The number of ether oxygens (including phenoxy) is 2. The van der Waals surface area contributed by atoms with E-state index in [1.807, 2.05) is 18.2 Å². The molecule has 5 amide bonds. The van der Waals surface area contributed by atoms with E-state index in [2.05, 4.69) is 26.9 Å². The monoisotopic (exact) mass is 775 g/mol. The Labute approximate surface area is 320 Å². The Morgan fingerprint density at radius 1 is 1.07 bits per heavy atom. The van der Waals surface area contributed by atoms with E-state index < -0.39 is 62.6 Å². The van der Waals surface area contributed by atoms with Crippen LogP contribution in [-0.2, 0) is 29.1 Å². The number of carbonyl (C=O) groups excluding carboxylic acids is 4. The van der Waals surface area contributed by atoms with Crippen molar-refractivity contribution >= 4 is 50.8 Å². The maximum atomic E-state index is 14.8.